The predicted molar refractivity (Wildman–Crippen MR) is 104 cm³/mol. The Labute approximate surface area is 161 Å². The predicted octanol–water partition coefficient (Wildman–Crippen LogP) is 5.28. The molecule has 0 heterocycles. The summed E-state index contributed by atoms with van der Waals surface area (Å²) in [7, 11) is 0. The maximum atomic E-state index is 11.8. The Hall–Kier alpha value is -1.72. The number of rotatable bonds is 5. The molecule has 0 unspecified atom stereocenters. The molecule has 0 aromatic heterocycles. The van der Waals surface area contributed by atoms with E-state index in [9.17, 15) is 4.79 Å². The van der Waals surface area contributed by atoms with Gasteiger partial charge in [0.1, 0.15) is 6.61 Å². The van der Waals surface area contributed by atoms with Gasteiger partial charge in [0.15, 0.2) is 0 Å². The third kappa shape index (κ3) is 4.89. The van der Waals surface area contributed by atoms with Crippen molar-refractivity contribution in [3.63, 3.8) is 0 Å². The molecule has 2 aromatic rings. The minimum absolute atomic E-state index is 0.139. The summed E-state index contributed by atoms with van der Waals surface area (Å²) in [6, 6.07) is 14.0. The highest BCUT2D eigenvalue weighted by atomic mass is 79.9. The maximum absolute atomic E-state index is 11.8. The Kier molecular flexibility index (Phi) is 5.86. The normalized spacial score (nSPS) is 19.0. The van der Waals surface area contributed by atoms with Crippen LogP contribution >= 0.6 is 27.5 Å². The number of halogens is 2. The Morgan fingerprint density at radius 1 is 1.24 bits per heavy atom. The fourth-order valence-electron chi connectivity index (χ4n) is 2.76. The van der Waals surface area contributed by atoms with Gasteiger partial charge in [0.25, 0.3) is 0 Å². The second kappa shape index (κ2) is 8.11. The second-order valence-corrected chi connectivity index (χ2v) is 7.56. The van der Waals surface area contributed by atoms with E-state index in [1.807, 2.05) is 49.4 Å². The number of ether oxygens (including phenoxy) is 1. The number of carbonyl (C=O) groups excluding carboxylic acids is 1. The molecular weight excluding hydrogens is 404 g/mol. The molecule has 0 bridgehead atoms. The van der Waals surface area contributed by atoms with Crippen LogP contribution in [0.2, 0.25) is 5.02 Å². The Morgan fingerprint density at radius 2 is 1.96 bits per heavy atom. The molecule has 1 saturated carbocycles. The fraction of sp³-hybridized carbons (Fsp3) is 0.316. The number of amides is 1. The molecule has 3 rings (SSSR count). The summed E-state index contributed by atoms with van der Waals surface area (Å²) in [5.74, 6) is 0. The minimum Gasteiger partial charge on any atom is -0.445 e. The lowest BCUT2D eigenvalue weighted by molar-refractivity contribution is 0.129. The highest BCUT2D eigenvalue weighted by Gasteiger charge is 2.31. The molecule has 0 spiro atoms. The standard InChI is InChI=1S/C19H20BrClN2O2/c1-12-7-16(20)18(10-17(12)21)22-14-8-15(9-14)23-19(24)25-11-13-5-3-2-4-6-13/h2-7,10,14-15,22H,8-9,11H2,1H3,(H,23,24). The lowest BCUT2D eigenvalue weighted by Crippen LogP contribution is -2.49. The maximum Gasteiger partial charge on any atom is 0.407 e. The molecule has 0 atom stereocenters. The average molecular weight is 424 g/mol. The van der Waals surface area contributed by atoms with Gasteiger partial charge >= 0.3 is 6.09 Å². The van der Waals surface area contributed by atoms with E-state index in [0.29, 0.717) is 6.04 Å². The molecule has 0 radical (unpaired) electrons. The molecule has 2 aromatic carbocycles. The minimum atomic E-state index is -0.369. The van der Waals surface area contributed by atoms with Gasteiger partial charge < -0.3 is 15.4 Å². The number of benzene rings is 2. The number of carbonyl (C=O) groups is 1. The summed E-state index contributed by atoms with van der Waals surface area (Å²) < 4.78 is 6.23. The van der Waals surface area contributed by atoms with Gasteiger partial charge in [-0.25, -0.2) is 4.79 Å². The SMILES string of the molecule is Cc1cc(Br)c(NC2CC(NC(=O)OCc3ccccc3)C2)cc1Cl. The third-order valence-corrected chi connectivity index (χ3v) is 5.34. The summed E-state index contributed by atoms with van der Waals surface area (Å²) in [6.45, 7) is 2.26. The number of alkyl carbamates (subject to hydrolysis) is 1. The summed E-state index contributed by atoms with van der Waals surface area (Å²) in [6.07, 6.45) is 1.35. The third-order valence-electron chi connectivity index (χ3n) is 4.28. The first-order valence-corrected chi connectivity index (χ1v) is 9.38. The number of anilines is 1. The summed E-state index contributed by atoms with van der Waals surface area (Å²) >= 11 is 9.73. The van der Waals surface area contributed by atoms with Crippen molar-refractivity contribution >= 4 is 39.3 Å². The van der Waals surface area contributed by atoms with Gasteiger partial charge in [-0.2, -0.15) is 0 Å². The van der Waals surface area contributed by atoms with Crippen molar-refractivity contribution in [2.24, 2.45) is 0 Å². The van der Waals surface area contributed by atoms with Gasteiger partial charge in [0, 0.05) is 21.6 Å². The van der Waals surface area contributed by atoms with Crippen molar-refractivity contribution < 1.29 is 9.53 Å². The molecule has 1 amide bonds. The Balaban J connectivity index is 1.41. The van der Waals surface area contributed by atoms with Gasteiger partial charge in [0.05, 0.1) is 5.69 Å². The van der Waals surface area contributed by atoms with Crippen molar-refractivity contribution in [1.82, 2.24) is 5.32 Å². The molecular formula is C19H20BrClN2O2. The molecule has 2 N–H and O–H groups in total. The monoisotopic (exact) mass is 422 g/mol. The van der Waals surface area contributed by atoms with Gasteiger partial charge in [-0.3, -0.25) is 0 Å². The van der Waals surface area contributed by atoms with Gasteiger partial charge in [-0.1, -0.05) is 41.9 Å². The number of hydrogen-bond acceptors (Lipinski definition) is 3. The highest BCUT2D eigenvalue weighted by Crippen LogP contribution is 2.32. The van der Waals surface area contributed by atoms with Crippen molar-refractivity contribution in [2.75, 3.05) is 5.32 Å². The molecule has 1 aliphatic carbocycles. The number of nitrogens with one attached hydrogen (secondary N) is 2. The zero-order valence-corrected chi connectivity index (χ0v) is 16.2. The molecule has 0 saturated heterocycles. The lowest BCUT2D eigenvalue weighted by Gasteiger charge is -2.36. The topological polar surface area (TPSA) is 50.4 Å². The van der Waals surface area contributed by atoms with E-state index in [1.54, 1.807) is 0 Å². The van der Waals surface area contributed by atoms with E-state index in [1.165, 1.54) is 0 Å². The first-order valence-electron chi connectivity index (χ1n) is 8.20. The Morgan fingerprint density at radius 3 is 2.68 bits per heavy atom. The van der Waals surface area contributed by atoms with Crippen molar-refractivity contribution in [1.29, 1.82) is 0 Å². The molecule has 1 aliphatic rings. The molecule has 4 nitrogen and oxygen atoms in total. The van der Waals surface area contributed by atoms with Crippen molar-refractivity contribution in [2.45, 2.75) is 38.5 Å². The zero-order valence-electron chi connectivity index (χ0n) is 13.9. The molecule has 1 fully saturated rings. The molecule has 0 aliphatic heterocycles. The van der Waals surface area contributed by atoms with E-state index in [0.717, 1.165) is 39.2 Å². The van der Waals surface area contributed by atoms with Gasteiger partial charge in [0.2, 0.25) is 0 Å². The zero-order chi connectivity index (χ0) is 17.8. The van der Waals surface area contributed by atoms with Crippen LogP contribution in [-0.2, 0) is 11.3 Å². The van der Waals surface area contributed by atoms with E-state index in [2.05, 4.69) is 26.6 Å². The van der Waals surface area contributed by atoms with Crippen LogP contribution in [0.3, 0.4) is 0 Å². The first-order chi connectivity index (χ1) is 12.0. The second-order valence-electron chi connectivity index (χ2n) is 6.30. The van der Waals surface area contributed by atoms with E-state index < -0.39 is 0 Å². The summed E-state index contributed by atoms with van der Waals surface area (Å²) in [5, 5.41) is 7.09. The van der Waals surface area contributed by atoms with Crippen molar-refractivity contribution in [3.05, 3.63) is 63.1 Å². The summed E-state index contributed by atoms with van der Waals surface area (Å²) in [5.41, 5.74) is 2.99. The Bertz CT molecular complexity index is 749. The molecule has 25 heavy (non-hydrogen) atoms. The number of aryl methyl sites for hydroxylation is 1. The number of hydrogen-bond donors (Lipinski definition) is 2. The summed E-state index contributed by atoms with van der Waals surface area (Å²) in [4.78, 5) is 11.8. The van der Waals surface area contributed by atoms with Crippen LogP contribution in [0.25, 0.3) is 0 Å². The first kappa shape index (κ1) is 18.1. The van der Waals surface area contributed by atoms with Crippen LogP contribution in [-0.4, -0.2) is 18.2 Å². The van der Waals surface area contributed by atoms with E-state index in [4.69, 9.17) is 16.3 Å². The van der Waals surface area contributed by atoms with Crippen LogP contribution in [0.5, 0.6) is 0 Å². The average Bonchev–Trinajstić information content (AvgIpc) is 2.56. The van der Waals surface area contributed by atoms with Crippen LogP contribution < -0.4 is 10.6 Å². The quantitative estimate of drug-likeness (QED) is 0.688. The molecule has 6 heteroatoms. The van der Waals surface area contributed by atoms with Crippen LogP contribution in [0, 0.1) is 6.92 Å². The molecule has 132 valence electrons. The van der Waals surface area contributed by atoms with E-state index >= 15 is 0 Å². The smallest absolute Gasteiger partial charge is 0.407 e. The largest absolute Gasteiger partial charge is 0.445 e. The van der Waals surface area contributed by atoms with Gasteiger partial charge in [-0.05, 0) is 59.0 Å². The van der Waals surface area contributed by atoms with Crippen LogP contribution in [0.15, 0.2) is 46.9 Å². The van der Waals surface area contributed by atoms with Crippen LogP contribution in [0.4, 0.5) is 10.5 Å². The van der Waals surface area contributed by atoms with E-state index in [-0.39, 0.29) is 18.7 Å². The van der Waals surface area contributed by atoms with Crippen molar-refractivity contribution in [3.8, 4) is 0 Å². The highest BCUT2D eigenvalue weighted by molar-refractivity contribution is 9.10. The fourth-order valence-corrected chi connectivity index (χ4v) is 3.50. The lowest BCUT2D eigenvalue weighted by atomic mass is 9.86. The van der Waals surface area contributed by atoms with Gasteiger partial charge in [-0.15, -0.1) is 0 Å². The van der Waals surface area contributed by atoms with Crippen LogP contribution in [0.1, 0.15) is 24.0 Å².